The van der Waals surface area contributed by atoms with E-state index in [0.717, 1.165) is 16.8 Å². The van der Waals surface area contributed by atoms with Crippen molar-refractivity contribution in [2.24, 2.45) is 9.98 Å². The van der Waals surface area contributed by atoms with Crippen LogP contribution >= 0.6 is 0 Å². The summed E-state index contributed by atoms with van der Waals surface area (Å²) in [6.45, 7) is 15.2. The number of aromatic nitrogens is 1. The van der Waals surface area contributed by atoms with Crippen LogP contribution in [0.3, 0.4) is 0 Å². The summed E-state index contributed by atoms with van der Waals surface area (Å²) >= 11 is 0. The van der Waals surface area contributed by atoms with Crippen LogP contribution in [0.15, 0.2) is 90.0 Å². The molecule has 1 aromatic heterocycles. The lowest BCUT2D eigenvalue weighted by atomic mass is 10.0. The summed E-state index contributed by atoms with van der Waals surface area (Å²) in [6, 6.07) is 12.4. The number of aliphatic imine (C=N–C) groups is 2. The average Bonchev–Trinajstić information content (AvgIpc) is 2.67. The van der Waals surface area contributed by atoms with Crippen molar-refractivity contribution in [2.75, 3.05) is 0 Å². The zero-order valence-electron chi connectivity index (χ0n) is 15.3. The van der Waals surface area contributed by atoms with Crippen molar-refractivity contribution in [1.82, 2.24) is 4.98 Å². The highest BCUT2D eigenvalue weighted by molar-refractivity contribution is 6.08. The Morgan fingerprint density at radius 3 is 2.31 bits per heavy atom. The van der Waals surface area contributed by atoms with Crippen molar-refractivity contribution in [3.05, 3.63) is 97.0 Å². The summed E-state index contributed by atoms with van der Waals surface area (Å²) in [5.41, 5.74) is 6.12. The summed E-state index contributed by atoms with van der Waals surface area (Å²) in [7, 11) is 0. The molecule has 1 aromatic carbocycles. The molecule has 0 aliphatic carbocycles. The number of hydrogen-bond acceptors (Lipinski definition) is 3. The Kier molecular flexibility index (Phi) is 6.75. The predicted molar refractivity (Wildman–Crippen MR) is 114 cm³/mol. The molecule has 0 fully saturated rings. The van der Waals surface area contributed by atoms with E-state index in [9.17, 15) is 0 Å². The number of nitrogens with zero attached hydrogens (tertiary/aromatic N) is 3. The highest BCUT2D eigenvalue weighted by atomic mass is 14.8. The zero-order chi connectivity index (χ0) is 18.9. The van der Waals surface area contributed by atoms with Crippen molar-refractivity contribution < 1.29 is 0 Å². The van der Waals surface area contributed by atoms with E-state index < -0.39 is 0 Å². The molecular formula is C23H23N3. The Morgan fingerprint density at radius 2 is 1.73 bits per heavy atom. The van der Waals surface area contributed by atoms with Gasteiger partial charge in [0, 0.05) is 6.20 Å². The van der Waals surface area contributed by atoms with Gasteiger partial charge >= 0.3 is 0 Å². The van der Waals surface area contributed by atoms with E-state index in [1.54, 1.807) is 6.08 Å². The number of allylic oxidation sites excluding steroid dienone is 4. The maximum absolute atomic E-state index is 4.70. The Balaban J connectivity index is 2.71. The van der Waals surface area contributed by atoms with Crippen LogP contribution in [0.1, 0.15) is 23.9 Å². The average molecular weight is 341 g/mol. The third-order valence-corrected chi connectivity index (χ3v) is 3.78. The van der Waals surface area contributed by atoms with E-state index in [-0.39, 0.29) is 0 Å². The lowest BCUT2D eigenvalue weighted by Crippen LogP contribution is -2.03. The molecule has 0 saturated carbocycles. The van der Waals surface area contributed by atoms with Gasteiger partial charge in [-0.05, 0) is 56.0 Å². The molecule has 3 nitrogen and oxygen atoms in total. The van der Waals surface area contributed by atoms with Crippen molar-refractivity contribution >= 4 is 18.1 Å². The van der Waals surface area contributed by atoms with Crippen molar-refractivity contribution in [2.45, 2.75) is 13.8 Å². The summed E-state index contributed by atoms with van der Waals surface area (Å²) in [5, 5.41) is 0. The molecule has 0 unspecified atom stereocenters. The molecule has 130 valence electrons. The zero-order valence-corrected chi connectivity index (χ0v) is 15.3. The maximum Gasteiger partial charge on any atom is 0.0900 e. The van der Waals surface area contributed by atoms with Gasteiger partial charge in [0.25, 0.3) is 0 Å². The number of rotatable bonds is 7. The van der Waals surface area contributed by atoms with Gasteiger partial charge in [0.2, 0.25) is 0 Å². The van der Waals surface area contributed by atoms with Gasteiger partial charge in [-0.25, -0.2) is 4.98 Å². The van der Waals surface area contributed by atoms with Crippen LogP contribution in [0.4, 0.5) is 0 Å². The highest BCUT2D eigenvalue weighted by Gasteiger charge is 2.10. The number of benzene rings is 1. The lowest BCUT2D eigenvalue weighted by molar-refractivity contribution is 1.23. The highest BCUT2D eigenvalue weighted by Crippen LogP contribution is 2.25. The van der Waals surface area contributed by atoms with Crippen LogP contribution in [0.5, 0.6) is 0 Å². The monoisotopic (exact) mass is 341 g/mol. The molecule has 0 N–H and O–H groups in total. The van der Waals surface area contributed by atoms with Gasteiger partial charge in [-0.1, -0.05) is 55.1 Å². The molecule has 2 rings (SSSR count). The molecule has 0 radical (unpaired) electrons. The first-order chi connectivity index (χ1) is 12.6. The van der Waals surface area contributed by atoms with Gasteiger partial charge < -0.3 is 0 Å². The second-order valence-corrected chi connectivity index (χ2v) is 5.63. The molecule has 0 spiro atoms. The minimum absolute atomic E-state index is 0.657. The molecule has 2 aromatic rings. The molecule has 1 heterocycles. The molecule has 0 aliphatic heterocycles. The van der Waals surface area contributed by atoms with E-state index in [1.807, 2.05) is 37.3 Å². The van der Waals surface area contributed by atoms with Crippen LogP contribution in [0.2, 0.25) is 0 Å². The normalized spacial score (nSPS) is 12.2. The van der Waals surface area contributed by atoms with E-state index in [4.69, 9.17) is 4.98 Å². The first-order valence-electron chi connectivity index (χ1n) is 8.33. The second kappa shape index (κ2) is 9.23. The Labute approximate surface area is 155 Å². The Morgan fingerprint density at radius 1 is 1.04 bits per heavy atom. The molecule has 0 amide bonds. The first kappa shape index (κ1) is 19.0. The van der Waals surface area contributed by atoms with Crippen LogP contribution in [-0.4, -0.2) is 17.4 Å². The standard InChI is InChI=1S/C23H23N3/c1-6-9-10-21(24-5)23-16-19(18-13-11-17(4)12-14-18)15-22(26-23)20(7-2)25-8-3/h6-16H,2-3,5H2,1,4H3/b9-6-,21-10-,25-20?. The fraction of sp³-hybridized carbons (Fsp3) is 0.0870. The number of pyridine rings is 1. The van der Waals surface area contributed by atoms with Crippen LogP contribution in [-0.2, 0) is 0 Å². The van der Waals surface area contributed by atoms with Gasteiger partial charge in [-0.2, -0.15) is 0 Å². The van der Waals surface area contributed by atoms with Crippen molar-refractivity contribution in [3.63, 3.8) is 0 Å². The van der Waals surface area contributed by atoms with E-state index >= 15 is 0 Å². The van der Waals surface area contributed by atoms with Gasteiger partial charge in [0.05, 0.1) is 22.8 Å². The lowest BCUT2D eigenvalue weighted by Gasteiger charge is -2.10. The summed E-state index contributed by atoms with van der Waals surface area (Å²) in [5.74, 6) is 0. The maximum atomic E-state index is 4.70. The largest absolute Gasteiger partial charge is 0.262 e. The molecular weight excluding hydrogens is 318 g/mol. The fourth-order valence-electron chi connectivity index (χ4n) is 2.43. The summed E-state index contributed by atoms with van der Waals surface area (Å²) in [6.07, 6.45) is 8.89. The van der Waals surface area contributed by atoms with Crippen LogP contribution < -0.4 is 0 Å². The molecule has 26 heavy (non-hydrogen) atoms. The van der Waals surface area contributed by atoms with Crippen LogP contribution in [0, 0.1) is 6.92 Å². The topological polar surface area (TPSA) is 37.6 Å². The SMILES string of the molecule is C=CN=C(C=C)c1cc(-c2ccc(C)cc2)cc(/C(=C/C=C\C)N=C)n1. The minimum atomic E-state index is 0.657. The van der Waals surface area contributed by atoms with E-state index in [2.05, 4.69) is 61.0 Å². The molecule has 3 heteroatoms. The molecule has 0 bridgehead atoms. The van der Waals surface area contributed by atoms with Crippen molar-refractivity contribution in [3.8, 4) is 11.1 Å². The van der Waals surface area contributed by atoms with Gasteiger partial charge in [0.1, 0.15) is 0 Å². The fourth-order valence-corrected chi connectivity index (χ4v) is 2.43. The molecule has 0 atom stereocenters. The van der Waals surface area contributed by atoms with E-state index in [0.29, 0.717) is 17.1 Å². The van der Waals surface area contributed by atoms with Gasteiger partial charge in [-0.15, -0.1) is 0 Å². The Bertz CT molecular complexity index is 898. The quantitative estimate of drug-likeness (QED) is 0.464. The van der Waals surface area contributed by atoms with Gasteiger partial charge in [-0.3, -0.25) is 9.98 Å². The number of aryl methyl sites for hydroxylation is 1. The van der Waals surface area contributed by atoms with Crippen LogP contribution in [0.25, 0.3) is 16.8 Å². The number of hydrogen-bond donors (Lipinski definition) is 0. The minimum Gasteiger partial charge on any atom is -0.262 e. The van der Waals surface area contributed by atoms with Crippen molar-refractivity contribution in [1.29, 1.82) is 0 Å². The summed E-state index contributed by atoms with van der Waals surface area (Å²) < 4.78 is 0. The predicted octanol–water partition coefficient (Wildman–Crippen LogP) is 5.79. The third kappa shape index (κ3) is 4.61. The third-order valence-electron chi connectivity index (χ3n) is 3.78. The molecule has 0 saturated heterocycles. The van der Waals surface area contributed by atoms with Gasteiger partial charge in [0.15, 0.2) is 0 Å². The molecule has 0 aliphatic rings. The second-order valence-electron chi connectivity index (χ2n) is 5.63. The summed E-state index contributed by atoms with van der Waals surface area (Å²) in [4.78, 5) is 13.1. The first-order valence-corrected chi connectivity index (χ1v) is 8.33. The smallest absolute Gasteiger partial charge is 0.0900 e. The Hall–Kier alpha value is -3.33. The van der Waals surface area contributed by atoms with E-state index in [1.165, 1.54) is 11.8 Å².